The van der Waals surface area contributed by atoms with Crippen molar-refractivity contribution in [3.63, 3.8) is 0 Å². The third kappa shape index (κ3) is 3.19. The molecule has 2 rings (SSSR count). The Morgan fingerprint density at radius 2 is 2.16 bits per heavy atom. The summed E-state index contributed by atoms with van der Waals surface area (Å²) in [6, 6.07) is 10.5. The third-order valence-electron chi connectivity index (χ3n) is 2.63. The highest BCUT2D eigenvalue weighted by Gasteiger charge is 2.05. The van der Waals surface area contributed by atoms with E-state index in [0.717, 1.165) is 16.9 Å². The Kier molecular flexibility index (Phi) is 3.93. The van der Waals surface area contributed by atoms with Gasteiger partial charge in [-0.1, -0.05) is 18.2 Å². The third-order valence-corrected chi connectivity index (χ3v) is 2.63. The minimum atomic E-state index is -0.931. The lowest BCUT2D eigenvalue weighted by atomic mass is 10.0. The molecular weight excluding hydrogens is 240 g/mol. The largest absolute Gasteiger partial charge is 0.478 e. The molecule has 1 aromatic carbocycles. The maximum Gasteiger partial charge on any atom is 0.335 e. The molecule has 19 heavy (non-hydrogen) atoms. The molecule has 0 saturated heterocycles. The number of nitrogens with one attached hydrogen (secondary N) is 1. The van der Waals surface area contributed by atoms with E-state index in [2.05, 4.69) is 16.9 Å². The van der Waals surface area contributed by atoms with Crippen LogP contribution in [0.15, 0.2) is 55.3 Å². The molecule has 0 aliphatic rings. The smallest absolute Gasteiger partial charge is 0.335 e. The van der Waals surface area contributed by atoms with Crippen LogP contribution < -0.4 is 5.32 Å². The first-order valence-electron chi connectivity index (χ1n) is 5.85. The van der Waals surface area contributed by atoms with Crippen LogP contribution in [0.1, 0.15) is 10.4 Å². The molecule has 0 fully saturated rings. The number of nitrogens with zero attached hydrogens (tertiary/aromatic N) is 1. The van der Waals surface area contributed by atoms with Gasteiger partial charge >= 0.3 is 5.97 Å². The van der Waals surface area contributed by atoms with Crippen molar-refractivity contribution >= 4 is 11.8 Å². The molecule has 0 bridgehead atoms. The van der Waals surface area contributed by atoms with Crippen LogP contribution in [0.5, 0.6) is 0 Å². The number of hydrogen-bond donors (Lipinski definition) is 2. The zero-order valence-corrected chi connectivity index (χ0v) is 10.3. The fourth-order valence-corrected chi connectivity index (χ4v) is 1.68. The summed E-state index contributed by atoms with van der Waals surface area (Å²) in [7, 11) is 0. The number of aromatic nitrogens is 1. The van der Waals surface area contributed by atoms with E-state index in [1.54, 1.807) is 30.5 Å². The molecule has 0 atom stereocenters. The van der Waals surface area contributed by atoms with Crippen molar-refractivity contribution in [2.24, 2.45) is 0 Å². The van der Waals surface area contributed by atoms with Crippen LogP contribution in [0.4, 0.5) is 5.82 Å². The molecular formula is C15H14N2O2. The van der Waals surface area contributed by atoms with Crippen LogP contribution in [0.3, 0.4) is 0 Å². The highest BCUT2D eigenvalue weighted by atomic mass is 16.4. The van der Waals surface area contributed by atoms with Gasteiger partial charge in [0.15, 0.2) is 0 Å². The number of aromatic carboxylic acids is 1. The summed E-state index contributed by atoms with van der Waals surface area (Å²) in [6.07, 6.45) is 3.47. The summed E-state index contributed by atoms with van der Waals surface area (Å²) < 4.78 is 0. The van der Waals surface area contributed by atoms with Gasteiger partial charge < -0.3 is 10.4 Å². The average molecular weight is 254 g/mol. The molecule has 0 amide bonds. The number of rotatable bonds is 5. The molecule has 1 aromatic heterocycles. The molecule has 0 aliphatic carbocycles. The second-order valence-electron chi connectivity index (χ2n) is 3.99. The van der Waals surface area contributed by atoms with E-state index >= 15 is 0 Å². The molecule has 4 heteroatoms. The van der Waals surface area contributed by atoms with Crippen LogP contribution in [0.2, 0.25) is 0 Å². The van der Waals surface area contributed by atoms with E-state index < -0.39 is 5.97 Å². The SMILES string of the molecule is C=CCNc1ccc(-c2cccc(C(=O)O)c2)cn1. The normalized spacial score (nSPS) is 9.89. The van der Waals surface area contributed by atoms with Crippen LogP contribution in [-0.4, -0.2) is 22.6 Å². The van der Waals surface area contributed by atoms with Crippen molar-refractivity contribution in [1.82, 2.24) is 4.98 Å². The Labute approximate surface area is 111 Å². The van der Waals surface area contributed by atoms with Gasteiger partial charge in [-0.3, -0.25) is 0 Å². The minimum absolute atomic E-state index is 0.270. The maximum absolute atomic E-state index is 10.9. The summed E-state index contributed by atoms with van der Waals surface area (Å²) in [6.45, 7) is 4.27. The van der Waals surface area contributed by atoms with Crippen molar-refractivity contribution in [2.75, 3.05) is 11.9 Å². The zero-order valence-electron chi connectivity index (χ0n) is 10.3. The average Bonchev–Trinajstić information content (AvgIpc) is 2.46. The number of anilines is 1. The lowest BCUT2D eigenvalue weighted by Gasteiger charge is -2.05. The van der Waals surface area contributed by atoms with E-state index in [1.807, 2.05) is 18.2 Å². The maximum atomic E-state index is 10.9. The van der Waals surface area contributed by atoms with Gasteiger partial charge in [-0.15, -0.1) is 6.58 Å². The van der Waals surface area contributed by atoms with E-state index in [4.69, 9.17) is 5.11 Å². The highest BCUT2D eigenvalue weighted by molar-refractivity contribution is 5.89. The van der Waals surface area contributed by atoms with Gasteiger partial charge in [-0.05, 0) is 29.8 Å². The zero-order chi connectivity index (χ0) is 13.7. The number of hydrogen-bond acceptors (Lipinski definition) is 3. The molecule has 96 valence electrons. The predicted octanol–water partition coefficient (Wildman–Crippen LogP) is 3.04. The highest BCUT2D eigenvalue weighted by Crippen LogP contribution is 2.20. The second kappa shape index (κ2) is 5.82. The van der Waals surface area contributed by atoms with Crippen LogP contribution >= 0.6 is 0 Å². The Bertz CT molecular complexity index is 591. The molecule has 0 saturated carbocycles. The summed E-state index contributed by atoms with van der Waals surface area (Å²) in [4.78, 5) is 15.2. The summed E-state index contributed by atoms with van der Waals surface area (Å²) in [5.74, 6) is -0.169. The quantitative estimate of drug-likeness (QED) is 0.805. The number of pyridine rings is 1. The van der Waals surface area contributed by atoms with E-state index in [-0.39, 0.29) is 5.56 Å². The number of carbonyl (C=O) groups is 1. The molecule has 2 aromatic rings. The second-order valence-corrected chi connectivity index (χ2v) is 3.99. The summed E-state index contributed by atoms with van der Waals surface area (Å²) in [5.41, 5.74) is 1.99. The molecule has 2 N–H and O–H groups in total. The molecule has 0 unspecified atom stereocenters. The summed E-state index contributed by atoms with van der Waals surface area (Å²) >= 11 is 0. The predicted molar refractivity (Wildman–Crippen MR) is 75.3 cm³/mol. The van der Waals surface area contributed by atoms with Gasteiger partial charge in [0.2, 0.25) is 0 Å². The van der Waals surface area contributed by atoms with E-state index in [0.29, 0.717) is 6.54 Å². The van der Waals surface area contributed by atoms with E-state index in [9.17, 15) is 4.79 Å². The standard InChI is InChI=1S/C15H14N2O2/c1-2-8-16-14-7-6-13(10-17-14)11-4-3-5-12(9-11)15(18)19/h2-7,9-10H,1,8H2,(H,16,17)(H,18,19). The van der Waals surface area contributed by atoms with Crippen LogP contribution in [-0.2, 0) is 0 Å². The lowest BCUT2D eigenvalue weighted by Crippen LogP contribution is -1.99. The van der Waals surface area contributed by atoms with Gasteiger partial charge in [0, 0.05) is 18.3 Å². The van der Waals surface area contributed by atoms with Crippen LogP contribution in [0.25, 0.3) is 11.1 Å². The number of benzene rings is 1. The molecule has 4 nitrogen and oxygen atoms in total. The van der Waals surface area contributed by atoms with Gasteiger partial charge in [-0.25, -0.2) is 9.78 Å². The Morgan fingerprint density at radius 1 is 1.32 bits per heavy atom. The first-order valence-corrected chi connectivity index (χ1v) is 5.85. The topological polar surface area (TPSA) is 62.2 Å². The van der Waals surface area contributed by atoms with Gasteiger partial charge in [0.1, 0.15) is 5.82 Å². The Morgan fingerprint density at radius 3 is 2.79 bits per heavy atom. The fraction of sp³-hybridized carbons (Fsp3) is 0.0667. The Hall–Kier alpha value is -2.62. The van der Waals surface area contributed by atoms with Crippen molar-refractivity contribution in [3.8, 4) is 11.1 Å². The first-order chi connectivity index (χ1) is 9.20. The van der Waals surface area contributed by atoms with Gasteiger partial charge in [0.25, 0.3) is 0 Å². The van der Waals surface area contributed by atoms with Gasteiger partial charge in [0.05, 0.1) is 5.56 Å². The van der Waals surface area contributed by atoms with Crippen LogP contribution in [0, 0.1) is 0 Å². The van der Waals surface area contributed by atoms with Gasteiger partial charge in [-0.2, -0.15) is 0 Å². The fourth-order valence-electron chi connectivity index (χ4n) is 1.68. The number of carboxylic acid groups (broad SMARTS) is 1. The van der Waals surface area contributed by atoms with Crippen molar-refractivity contribution in [1.29, 1.82) is 0 Å². The number of carboxylic acids is 1. The van der Waals surface area contributed by atoms with Crippen molar-refractivity contribution in [3.05, 3.63) is 60.8 Å². The van der Waals surface area contributed by atoms with Crippen molar-refractivity contribution < 1.29 is 9.90 Å². The lowest BCUT2D eigenvalue weighted by molar-refractivity contribution is 0.0697. The minimum Gasteiger partial charge on any atom is -0.478 e. The van der Waals surface area contributed by atoms with E-state index in [1.165, 1.54) is 0 Å². The Balaban J connectivity index is 2.24. The first kappa shape index (κ1) is 12.8. The molecule has 1 heterocycles. The molecule has 0 aliphatic heterocycles. The molecule has 0 spiro atoms. The monoisotopic (exact) mass is 254 g/mol. The summed E-state index contributed by atoms with van der Waals surface area (Å²) in [5, 5.41) is 12.0. The van der Waals surface area contributed by atoms with Crippen molar-refractivity contribution in [2.45, 2.75) is 0 Å². The molecule has 0 radical (unpaired) electrons.